The van der Waals surface area contributed by atoms with Crippen LogP contribution >= 0.6 is 0 Å². The van der Waals surface area contributed by atoms with Gasteiger partial charge in [-0.05, 0) is 58.2 Å². The molecule has 0 aromatic heterocycles. The molecular formula is C13H20F2N2. The average molecular weight is 242 g/mol. The molecule has 0 heterocycles. The van der Waals surface area contributed by atoms with E-state index in [2.05, 4.69) is 10.2 Å². The normalized spacial score (nSPS) is 11.1. The average Bonchev–Trinajstić information content (AvgIpc) is 2.28. The van der Waals surface area contributed by atoms with Crippen molar-refractivity contribution in [3.8, 4) is 0 Å². The molecule has 0 saturated heterocycles. The number of rotatable bonds is 7. The maximum atomic E-state index is 13.3. The smallest absolute Gasteiger partial charge is 0.162 e. The van der Waals surface area contributed by atoms with E-state index in [0.717, 1.165) is 25.6 Å². The summed E-state index contributed by atoms with van der Waals surface area (Å²) in [6, 6.07) is 4.31. The highest BCUT2D eigenvalue weighted by atomic mass is 19.2. The van der Waals surface area contributed by atoms with Crippen molar-refractivity contribution in [2.45, 2.75) is 12.8 Å². The van der Waals surface area contributed by atoms with E-state index >= 15 is 0 Å². The Labute approximate surface area is 102 Å². The minimum absolute atomic E-state index is 0.435. The highest BCUT2D eigenvalue weighted by molar-refractivity contribution is 5.19. The summed E-state index contributed by atoms with van der Waals surface area (Å²) in [6.45, 7) is 2.60. The SMILES string of the molecule is CN(C)CCCNCCc1cccc(F)c1F. The van der Waals surface area contributed by atoms with Crippen LogP contribution in [0.3, 0.4) is 0 Å². The van der Waals surface area contributed by atoms with Crippen LogP contribution in [-0.4, -0.2) is 38.6 Å². The molecule has 2 nitrogen and oxygen atoms in total. The zero-order valence-electron chi connectivity index (χ0n) is 10.5. The lowest BCUT2D eigenvalue weighted by Gasteiger charge is -2.10. The van der Waals surface area contributed by atoms with E-state index in [4.69, 9.17) is 0 Å². The zero-order chi connectivity index (χ0) is 12.7. The van der Waals surface area contributed by atoms with Gasteiger partial charge < -0.3 is 10.2 Å². The fourth-order valence-corrected chi connectivity index (χ4v) is 1.61. The summed E-state index contributed by atoms with van der Waals surface area (Å²) in [4.78, 5) is 2.12. The highest BCUT2D eigenvalue weighted by Gasteiger charge is 2.06. The Kier molecular flexibility index (Phi) is 6.08. The van der Waals surface area contributed by atoms with Crippen LogP contribution in [-0.2, 0) is 6.42 Å². The number of halogens is 2. The van der Waals surface area contributed by atoms with Gasteiger partial charge in [0.15, 0.2) is 11.6 Å². The van der Waals surface area contributed by atoms with Gasteiger partial charge in [-0.3, -0.25) is 0 Å². The lowest BCUT2D eigenvalue weighted by atomic mass is 10.1. The molecule has 0 bridgehead atoms. The van der Waals surface area contributed by atoms with Crippen LogP contribution in [0.5, 0.6) is 0 Å². The van der Waals surface area contributed by atoms with E-state index in [0.29, 0.717) is 18.5 Å². The van der Waals surface area contributed by atoms with Crippen LogP contribution in [0.2, 0.25) is 0 Å². The molecule has 0 spiro atoms. The van der Waals surface area contributed by atoms with Gasteiger partial charge in [0.2, 0.25) is 0 Å². The molecule has 0 amide bonds. The van der Waals surface area contributed by atoms with Crippen LogP contribution < -0.4 is 5.32 Å². The summed E-state index contributed by atoms with van der Waals surface area (Å²) >= 11 is 0. The van der Waals surface area contributed by atoms with Crippen molar-refractivity contribution in [3.05, 3.63) is 35.4 Å². The van der Waals surface area contributed by atoms with Gasteiger partial charge in [-0.15, -0.1) is 0 Å². The van der Waals surface area contributed by atoms with Crippen LogP contribution in [0.25, 0.3) is 0 Å². The van der Waals surface area contributed by atoms with Crippen molar-refractivity contribution in [1.29, 1.82) is 0 Å². The van der Waals surface area contributed by atoms with Crippen LogP contribution in [0.4, 0.5) is 8.78 Å². The summed E-state index contributed by atoms with van der Waals surface area (Å²) in [5, 5.41) is 3.22. The molecule has 17 heavy (non-hydrogen) atoms. The number of nitrogens with one attached hydrogen (secondary N) is 1. The summed E-state index contributed by atoms with van der Waals surface area (Å²) in [6.07, 6.45) is 1.57. The highest BCUT2D eigenvalue weighted by Crippen LogP contribution is 2.11. The molecule has 1 aromatic carbocycles. The number of hydrogen-bond donors (Lipinski definition) is 1. The molecule has 0 fully saturated rings. The Bertz CT molecular complexity index is 340. The Morgan fingerprint density at radius 2 is 1.94 bits per heavy atom. The zero-order valence-corrected chi connectivity index (χ0v) is 10.5. The van der Waals surface area contributed by atoms with Crippen LogP contribution in [0.1, 0.15) is 12.0 Å². The lowest BCUT2D eigenvalue weighted by molar-refractivity contribution is 0.394. The maximum Gasteiger partial charge on any atom is 0.162 e. The first-order valence-corrected chi connectivity index (χ1v) is 5.89. The second-order valence-electron chi connectivity index (χ2n) is 4.37. The van der Waals surface area contributed by atoms with E-state index in [1.54, 1.807) is 12.1 Å². The second kappa shape index (κ2) is 7.35. The molecule has 0 aliphatic rings. The van der Waals surface area contributed by atoms with Gasteiger partial charge in [-0.25, -0.2) is 8.78 Å². The predicted octanol–water partition coefficient (Wildman–Crippen LogP) is 2.05. The molecule has 0 aliphatic heterocycles. The van der Waals surface area contributed by atoms with E-state index in [1.165, 1.54) is 0 Å². The van der Waals surface area contributed by atoms with Crippen molar-refractivity contribution < 1.29 is 8.78 Å². The van der Waals surface area contributed by atoms with Gasteiger partial charge in [0.1, 0.15) is 0 Å². The summed E-state index contributed by atoms with van der Waals surface area (Å²) < 4.78 is 26.2. The third kappa shape index (κ3) is 5.24. The van der Waals surface area contributed by atoms with E-state index < -0.39 is 11.6 Å². The molecule has 96 valence electrons. The molecule has 1 aromatic rings. The molecule has 0 unspecified atom stereocenters. The first kappa shape index (κ1) is 14.1. The molecular weight excluding hydrogens is 222 g/mol. The third-order valence-corrected chi connectivity index (χ3v) is 2.56. The first-order chi connectivity index (χ1) is 8.11. The predicted molar refractivity (Wildman–Crippen MR) is 66.1 cm³/mol. The minimum Gasteiger partial charge on any atom is -0.316 e. The van der Waals surface area contributed by atoms with Crippen LogP contribution in [0.15, 0.2) is 18.2 Å². The molecule has 0 saturated carbocycles. The number of benzene rings is 1. The first-order valence-electron chi connectivity index (χ1n) is 5.89. The van der Waals surface area contributed by atoms with Gasteiger partial charge in [0.25, 0.3) is 0 Å². The van der Waals surface area contributed by atoms with Gasteiger partial charge in [-0.1, -0.05) is 12.1 Å². The summed E-state index contributed by atoms with van der Waals surface area (Å²) in [7, 11) is 4.06. The monoisotopic (exact) mass is 242 g/mol. The number of hydrogen-bond acceptors (Lipinski definition) is 2. The van der Waals surface area contributed by atoms with Crippen molar-refractivity contribution in [2.75, 3.05) is 33.7 Å². The molecule has 0 atom stereocenters. The van der Waals surface area contributed by atoms with Gasteiger partial charge in [0, 0.05) is 0 Å². The minimum atomic E-state index is -0.768. The molecule has 0 radical (unpaired) electrons. The Hall–Kier alpha value is -1.00. The van der Waals surface area contributed by atoms with Crippen LogP contribution in [0, 0.1) is 11.6 Å². The Balaban J connectivity index is 2.20. The Morgan fingerprint density at radius 1 is 1.18 bits per heavy atom. The molecule has 4 heteroatoms. The third-order valence-electron chi connectivity index (χ3n) is 2.56. The topological polar surface area (TPSA) is 15.3 Å². The standard InChI is InChI=1S/C13H20F2N2/c1-17(2)10-4-8-16-9-7-11-5-3-6-12(14)13(11)15/h3,5-6,16H,4,7-10H2,1-2H3. The quantitative estimate of drug-likeness (QED) is 0.736. The number of nitrogens with zero attached hydrogens (tertiary/aromatic N) is 1. The fourth-order valence-electron chi connectivity index (χ4n) is 1.61. The van der Waals surface area contributed by atoms with Gasteiger partial charge in [0.05, 0.1) is 0 Å². The molecule has 1 rings (SSSR count). The van der Waals surface area contributed by atoms with Crippen molar-refractivity contribution in [3.63, 3.8) is 0 Å². The summed E-state index contributed by atoms with van der Waals surface area (Å²) in [5.41, 5.74) is 0.435. The fraction of sp³-hybridized carbons (Fsp3) is 0.538. The molecule has 0 aliphatic carbocycles. The lowest BCUT2D eigenvalue weighted by Crippen LogP contribution is -2.23. The van der Waals surface area contributed by atoms with E-state index in [-0.39, 0.29) is 0 Å². The van der Waals surface area contributed by atoms with Gasteiger partial charge in [-0.2, -0.15) is 0 Å². The Morgan fingerprint density at radius 3 is 2.65 bits per heavy atom. The van der Waals surface area contributed by atoms with E-state index in [1.807, 2.05) is 14.1 Å². The van der Waals surface area contributed by atoms with Gasteiger partial charge >= 0.3 is 0 Å². The van der Waals surface area contributed by atoms with Crippen molar-refractivity contribution in [2.24, 2.45) is 0 Å². The van der Waals surface area contributed by atoms with Crippen molar-refractivity contribution in [1.82, 2.24) is 10.2 Å². The second-order valence-corrected chi connectivity index (χ2v) is 4.37. The maximum absolute atomic E-state index is 13.3. The van der Waals surface area contributed by atoms with Crippen molar-refractivity contribution >= 4 is 0 Å². The largest absolute Gasteiger partial charge is 0.316 e. The summed E-state index contributed by atoms with van der Waals surface area (Å²) in [5.74, 6) is -1.49. The van der Waals surface area contributed by atoms with E-state index in [9.17, 15) is 8.78 Å². The molecule has 1 N–H and O–H groups in total.